The molecular formula is C18H37N3. The zero-order valence-corrected chi connectivity index (χ0v) is 15.0. The number of likely N-dealkylation sites (N-methyl/N-ethyl adjacent to an activating group) is 2. The second kappa shape index (κ2) is 7.43. The molecule has 1 saturated heterocycles. The Kier molecular flexibility index (Phi) is 6.10. The maximum Gasteiger partial charge on any atom is 0.0223 e. The third kappa shape index (κ3) is 4.67. The second-order valence-corrected chi connectivity index (χ2v) is 8.21. The van der Waals surface area contributed by atoms with Crippen LogP contribution in [0.25, 0.3) is 0 Å². The SMILES string of the molecule is CCN1CCCC1CN(C)CC1CC(C)(C)CCC1NC. The monoisotopic (exact) mass is 295 g/mol. The van der Waals surface area contributed by atoms with Gasteiger partial charge >= 0.3 is 0 Å². The molecule has 0 aromatic heterocycles. The number of nitrogens with zero attached hydrogens (tertiary/aromatic N) is 2. The summed E-state index contributed by atoms with van der Waals surface area (Å²) in [5.41, 5.74) is 0.529. The first-order valence-corrected chi connectivity index (χ1v) is 9.05. The lowest BCUT2D eigenvalue weighted by Gasteiger charge is -2.42. The molecule has 1 aliphatic heterocycles. The van der Waals surface area contributed by atoms with Crippen LogP contribution in [-0.2, 0) is 0 Å². The Hall–Kier alpha value is -0.120. The molecule has 0 aromatic rings. The number of nitrogens with one attached hydrogen (secondary N) is 1. The minimum atomic E-state index is 0.529. The number of hydrogen-bond acceptors (Lipinski definition) is 3. The van der Waals surface area contributed by atoms with Gasteiger partial charge in [0.15, 0.2) is 0 Å². The van der Waals surface area contributed by atoms with Crippen molar-refractivity contribution in [3.63, 3.8) is 0 Å². The fourth-order valence-electron chi connectivity index (χ4n) is 4.66. The standard InChI is InChI=1S/C18H37N3/c1-6-21-11-7-8-16(21)14-20(5)13-15-12-18(2,3)10-9-17(15)19-4/h15-17,19H,6-14H2,1-5H3. The Bertz CT molecular complexity index is 316. The first-order valence-electron chi connectivity index (χ1n) is 9.05. The summed E-state index contributed by atoms with van der Waals surface area (Å²) in [6, 6.07) is 1.51. The molecule has 1 N–H and O–H groups in total. The van der Waals surface area contributed by atoms with E-state index < -0.39 is 0 Å². The van der Waals surface area contributed by atoms with Gasteiger partial charge in [-0.2, -0.15) is 0 Å². The van der Waals surface area contributed by atoms with Crippen molar-refractivity contribution in [3.8, 4) is 0 Å². The van der Waals surface area contributed by atoms with Crippen molar-refractivity contribution in [1.82, 2.24) is 15.1 Å². The molecule has 124 valence electrons. The van der Waals surface area contributed by atoms with Crippen LogP contribution in [0.2, 0.25) is 0 Å². The predicted molar refractivity (Wildman–Crippen MR) is 91.7 cm³/mol. The van der Waals surface area contributed by atoms with E-state index in [9.17, 15) is 0 Å². The van der Waals surface area contributed by atoms with Crippen molar-refractivity contribution in [1.29, 1.82) is 0 Å². The molecular weight excluding hydrogens is 258 g/mol. The molecule has 3 nitrogen and oxygen atoms in total. The highest BCUT2D eigenvalue weighted by atomic mass is 15.2. The Morgan fingerprint density at radius 1 is 1.24 bits per heavy atom. The van der Waals surface area contributed by atoms with Crippen LogP contribution in [0, 0.1) is 11.3 Å². The molecule has 0 aromatic carbocycles. The van der Waals surface area contributed by atoms with Gasteiger partial charge in [-0.05, 0) is 70.6 Å². The topological polar surface area (TPSA) is 18.5 Å². The number of rotatable bonds is 6. The summed E-state index contributed by atoms with van der Waals surface area (Å²) in [5.74, 6) is 0.806. The van der Waals surface area contributed by atoms with E-state index in [1.807, 2.05) is 0 Å². The third-order valence-corrected chi connectivity index (χ3v) is 5.86. The van der Waals surface area contributed by atoms with E-state index in [4.69, 9.17) is 0 Å². The lowest BCUT2D eigenvalue weighted by Crippen LogP contribution is -2.47. The zero-order valence-electron chi connectivity index (χ0n) is 15.0. The molecule has 3 unspecified atom stereocenters. The molecule has 1 aliphatic carbocycles. The molecule has 21 heavy (non-hydrogen) atoms. The fraction of sp³-hybridized carbons (Fsp3) is 1.00. The zero-order chi connectivity index (χ0) is 15.5. The van der Waals surface area contributed by atoms with Crippen LogP contribution in [0.1, 0.15) is 52.9 Å². The highest BCUT2D eigenvalue weighted by Gasteiger charge is 2.35. The summed E-state index contributed by atoms with van der Waals surface area (Å²) in [6.07, 6.45) is 6.86. The van der Waals surface area contributed by atoms with Crippen molar-refractivity contribution in [2.45, 2.75) is 65.0 Å². The largest absolute Gasteiger partial charge is 0.317 e. The minimum Gasteiger partial charge on any atom is -0.317 e. The Morgan fingerprint density at radius 3 is 2.67 bits per heavy atom. The summed E-state index contributed by atoms with van der Waals surface area (Å²) in [7, 11) is 4.48. The Labute approximate surface area is 132 Å². The molecule has 0 spiro atoms. The average Bonchev–Trinajstić information content (AvgIpc) is 2.85. The van der Waals surface area contributed by atoms with E-state index in [-0.39, 0.29) is 0 Å². The molecule has 1 heterocycles. The van der Waals surface area contributed by atoms with Crippen LogP contribution < -0.4 is 5.32 Å². The second-order valence-electron chi connectivity index (χ2n) is 8.21. The highest BCUT2D eigenvalue weighted by Crippen LogP contribution is 2.39. The summed E-state index contributed by atoms with van der Waals surface area (Å²) in [4.78, 5) is 5.27. The number of hydrogen-bond donors (Lipinski definition) is 1. The van der Waals surface area contributed by atoms with E-state index in [0.29, 0.717) is 11.5 Å². The van der Waals surface area contributed by atoms with E-state index in [1.54, 1.807) is 0 Å². The molecule has 0 radical (unpaired) electrons. The van der Waals surface area contributed by atoms with Gasteiger partial charge in [0.05, 0.1) is 0 Å². The van der Waals surface area contributed by atoms with Crippen LogP contribution in [0.4, 0.5) is 0 Å². The van der Waals surface area contributed by atoms with Crippen LogP contribution in [0.5, 0.6) is 0 Å². The van der Waals surface area contributed by atoms with Gasteiger partial charge in [-0.15, -0.1) is 0 Å². The Balaban J connectivity index is 1.86. The van der Waals surface area contributed by atoms with Crippen molar-refractivity contribution in [2.24, 2.45) is 11.3 Å². The van der Waals surface area contributed by atoms with Crippen LogP contribution in [0.15, 0.2) is 0 Å². The third-order valence-electron chi connectivity index (χ3n) is 5.86. The van der Waals surface area contributed by atoms with Crippen molar-refractivity contribution in [3.05, 3.63) is 0 Å². The van der Waals surface area contributed by atoms with Gasteiger partial charge in [0.2, 0.25) is 0 Å². The quantitative estimate of drug-likeness (QED) is 0.813. The lowest BCUT2D eigenvalue weighted by atomic mass is 9.69. The van der Waals surface area contributed by atoms with Gasteiger partial charge in [0.25, 0.3) is 0 Å². The van der Waals surface area contributed by atoms with E-state index in [2.05, 4.69) is 50.0 Å². The molecule has 3 atom stereocenters. The van der Waals surface area contributed by atoms with Gasteiger partial charge in [-0.25, -0.2) is 0 Å². The van der Waals surface area contributed by atoms with E-state index >= 15 is 0 Å². The van der Waals surface area contributed by atoms with Crippen molar-refractivity contribution in [2.75, 3.05) is 40.3 Å². The summed E-state index contributed by atoms with van der Waals surface area (Å²) in [6.45, 7) is 12.2. The number of likely N-dealkylation sites (tertiary alicyclic amines) is 1. The highest BCUT2D eigenvalue weighted by molar-refractivity contribution is 4.90. The molecule has 0 bridgehead atoms. The average molecular weight is 296 g/mol. The lowest BCUT2D eigenvalue weighted by molar-refractivity contribution is 0.101. The van der Waals surface area contributed by atoms with Crippen LogP contribution in [0.3, 0.4) is 0 Å². The molecule has 2 fully saturated rings. The molecule has 1 saturated carbocycles. The molecule has 2 rings (SSSR count). The first kappa shape index (κ1) is 17.2. The minimum absolute atomic E-state index is 0.529. The maximum atomic E-state index is 3.57. The van der Waals surface area contributed by atoms with Gasteiger partial charge < -0.3 is 10.2 Å². The van der Waals surface area contributed by atoms with Gasteiger partial charge in [0, 0.05) is 25.2 Å². The molecule has 2 aliphatic rings. The normalized spacial score (nSPS) is 33.7. The summed E-state index contributed by atoms with van der Waals surface area (Å²) >= 11 is 0. The van der Waals surface area contributed by atoms with Crippen molar-refractivity contribution < 1.29 is 0 Å². The fourth-order valence-corrected chi connectivity index (χ4v) is 4.66. The maximum absolute atomic E-state index is 3.57. The first-order chi connectivity index (χ1) is 9.95. The Morgan fingerprint density at radius 2 is 2.00 bits per heavy atom. The van der Waals surface area contributed by atoms with Gasteiger partial charge in [-0.3, -0.25) is 4.90 Å². The smallest absolute Gasteiger partial charge is 0.0223 e. The van der Waals surface area contributed by atoms with Gasteiger partial charge in [-0.1, -0.05) is 20.8 Å². The van der Waals surface area contributed by atoms with Crippen LogP contribution >= 0.6 is 0 Å². The summed E-state index contributed by atoms with van der Waals surface area (Å²) < 4.78 is 0. The summed E-state index contributed by atoms with van der Waals surface area (Å²) in [5, 5.41) is 3.57. The van der Waals surface area contributed by atoms with Crippen molar-refractivity contribution >= 4 is 0 Å². The van der Waals surface area contributed by atoms with E-state index in [1.165, 1.54) is 58.3 Å². The van der Waals surface area contributed by atoms with Gasteiger partial charge in [0.1, 0.15) is 0 Å². The van der Waals surface area contributed by atoms with E-state index in [0.717, 1.165) is 12.0 Å². The predicted octanol–water partition coefficient (Wildman–Crippen LogP) is 2.82. The van der Waals surface area contributed by atoms with Crippen LogP contribution in [-0.4, -0.2) is 62.2 Å². The molecule has 0 amide bonds. The molecule has 3 heteroatoms.